The Balaban J connectivity index is 1.87. The van der Waals surface area contributed by atoms with E-state index in [1.165, 1.54) is 0 Å². The first-order chi connectivity index (χ1) is 9.04. The molecule has 1 saturated heterocycles. The van der Waals surface area contributed by atoms with Crippen LogP contribution in [0.25, 0.3) is 0 Å². The Morgan fingerprint density at radius 2 is 2.11 bits per heavy atom. The molecule has 0 radical (unpaired) electrons. The summed E-state index contributed by atoms with van der Waals surface area (Å²) in [7, 11) is 2.10. The van der Waals surface area contributed by atoms with E-state index in [1.807, 2.05) is 6.07 Å². The van der Waals surface area contributed by atoms with Crippen LogP contribution in [0.2, 0.25) is 5.02 Å². The number of halogens is 2. The first kappa shape index (κ1) is 14.6. The van der Waals surface area contributed by atoms with Crippen LogP contribution < -0.4 is 10.6 Å². The van der Waals surface area contributed by atoms with Gasteiger partial charge in [-0.1, -0.05) is 27.5 Å². The molecular weight excluding hydrogens is 330 g/mol. The van der Waals surface area contributed by atoms with Crippen molar-refractivity contribution in [2.75, 3.05) is 25.5 Å². The minimum atomic E-state index is -0.196. The van der Waals surface area contributed by atoms with Crippen molar-refractivity contribution >= 4 is 39.2 Å². The number of hydrogen-bond acceptors (Lipinski definition) is 2. The largest absolute Gasteiger partial charge is 0.335 e. The van der Waals surface area contributed by atoms with E-state index in [0.29, 0.717) is 10.7 Å². The quantitative estimate of drug-likeness (QED) is 0.863. The fraction of sp³-hybridized carbons (Fsp3) is 0.462. The number of carbonyl (C=O) groups excluding carboxylic acids is 1. The van der Waals surface area contributed by atoms with Crippen LogP contribution in [-0.2, 0) is 0 Å². The molecule has 1 aliphatic rings. The van der Waals surface area contributed by atoms with Crippen LogP contribution in [0.5, 0.6) is 0 Å². The molecule has 0 unspecified atom stereocenters. The van der Waals surface area contributed by atoms with Gasteiger partial charge in [0, 0.05) is 10.5 Å². The van der Waals surface area contributed by atoms with E-state index in [2.05, 4.69) is 38.5 Å². The fourth-order valence-corrected chi connectivity index (χ4v) is 2.81. The third-order valence-corrected chi connectivity index (χ3v) is 4.04. The van der Waals surface area contributed by atoms with Crippen molar-refractivity contribution in [2.24, 2.45) is 0 Å². The van der Waals surface area contributed by atoms with Gasteiger partial charge >= 0.3 is 6.03 Å². The maximum absolute atomic E-state index is 11.9. The summed E-state index contributed by atoms with van der Waals surface area (Å²) in [5.41, 5.74) is 0.621. The van der Waals surface area contributed by atoms with E-state index < -0.39 is 0 Å². The predicted molar refractivity (Wildman–Crippen MR) is 81.8 cm³/mol. The summed E-state index contributed by atoms with van der Waals surface area (Å²) in [5, 5.41) is 6.28. The maximum atomic E-state index is 11.9. The highest BCUT2D eigenvalue weighted by atomic mass is 79.9. The number of urea groups is 1. The van der Waals surface area contributed by atoms with Gasteiger partial charge in [-0.2, -0.15) is 0 Å². The van der Waals surface area contributed by atoms with Gasteiger partial charge in [0.1, 0.15) is 0 Å². The van der Waals surface area contributed by atoms with Gasteiger partial charge in [0.2, 0.25) is 0 Å². The number of benzene rings is 1. The van der Waals surface area contributed by atoms with Gasteiger partial charge in [-0.3, -0.25) is 0 Å². The molecule has 104 valence electrons. The van der Waals surface area contributed by atoms with Gasteiger partial charge in [-0.05, 0) is 51.2 Å². The molecule has 4 nitrogen and oxygen atoms in total. The molecule has 19 heavy (non-hydrogen) atoms. The van der Waals surface area contributed by atoms with Gasteiger partial charge in [-0.25, -0.2) is 4.79 Å². The lowest BCUT2D eigenvalue weighted by molar-refractivity contribution is 0.221. The maximum Gasteiger partial charge on any atom is 0.319 e. The molecule has 0 spiro atoms. The summed E-state index contributed by atoms with van der Waals surface area (Å²) in [6.07, 6.45) is 1.97. The number of piperidine rings is 1. The molecule has 1 fully saturated rings. The van der Waals surface area contributed by atoms with Crippen LogP contribution in [-0.4, -0.2) is 37.1 Å². The summed E-state index contributed by atoms with van der Waals surface area (Å²) in [6.45, 7) is 2.04. The third-order valence-electron chi connectivity index (χ3n) is 3.23. The van der Waals surface area contributed by atoms with E-state index in [0.717, 1.165) is 30.4 Å². The lowest BCUT2D eigenvalue weighted by atomic mass is 10.1. The highest BCUT2D eigenvalue weighted by Crippen LogP contribution is 2.25. The molecule has 2 rings (SSSR count). The Hall–Kier alpha value is -0.780. The molecule has 0 aromatic heterocycles. The van der Waals surface area contributed by atoms with E-state index >= 15 is 0 Å². The number of amides is 2. The first-order valence-corrected chi connectivity index (χ1v) is 7.43. The van der Waals surface area contributed by atoms with Gasteiger partial charge in [0.05, 0.1) is 10.7 Å². The van der Waals surface area contributed by atoms with Crippen LogP contribution in [0.3, 0.4) is 0 Å². The highest BCUT2D eigenvalue weighted by Gasteiger charge is 2.18. The average Bonchev–Trinajstić information content (AvgIpc) is 2.36. The molecule has 0 saturated carbocycles. The van der Waals surface area contributed by atoms with Crippen LogP contribution in [0.1, 0.15) is 12.8 Å². The predicted octanol–water partition coefficient (Wildman–Crippen LogP) is 3.32. The SMILES string of the molecule is CN1CCC(NC(=O)Nc2ccc(Br)cc2Cl)CC1. The Kier molecular flexibility index (Phi) is 5.07. The van der Waals surface area contributed by atoms with E-state index in [9.17, 15) is 4.79 Å². The van der Waals surface area contributed by atoms with E-state index in [1.54, 1.807) is 12.1 Å². The second-order valence-corrected chi connectivity index (χ2v) is 6.12. The molecule has 1 aromatic carbocycles. The molecule has 0 aliphatic carbocycles. The van der Waals surface area contributed by atoms with Crippen LogP contribution in [0, 0.1) is 0 Å². The molecule has 1 aromatic rings. The minimum absolute atomic E-state index is 0.196. The molecule has 1 heterocycles. The van der Waals surface area contributed by atoms with Crippen LogP contribution in [0.4, 0.5) is 10.5 Å². The summed E-state index contributed by atoms with van der Waals surface area (Å²) >= 11 is 9.39. The van der Waals surface area contributed by atoms with Crippen molar-refractivity contribution in [3.63, 3.8) is 0 Å². The smallest absolute Gasteiger partial charge is 0.319 e. The minimum Gasteiger partial charge on any atom is -0.335 e. The third kappa shape index (κ3) is 4.37. The topological polar surface area (TPSA) is 44.4 Å². The van der Waals surface area contributed by atoms with Crippen molar-refractivity contribution in [3.8, 4) is 0 Å². The summed E-state index contributed by atoms with van der Waals surface area (Å²) in [4.78, 5) is 14.2. The number of anilines is 1. The van der Waals surface area contributed by atoms with Gasteiger partial charge in [0.15, 0.2) is 0 Å². The Labute approximate surface area is 126 Å². The van der Waals surface area contributed by atoms with Crippen molar-refractivity contribution in [1.82, 2.24) is 10.2 Å². The fourth-order valence-electron chi connectivity index (χ4n) is 2.09. The van der Waals surface area contributed by atoms with E-state index in [-0.39, 0.29) is 12.1 Å². The summed E-state index contributed by atoms with van der Waals surface area (Å²) in [5.74, 6) is 0. The lowest BCUT2D eigenvalue weighted by Crippen LogP contribution is -2.44. The van der Waals surface area contributed by atoms with Gasteiger partial charge in [0.25, 0.3) is 0 Å². The molecule has 0 atom stereocenters. The molecule has 2 N–H and O–H groups in total. The summed E-state index contributed by atoms with van der Waals surface area (Å²) < 4.78 is 0.888. The number of hydrogen-bond donors (Lipinski definition) is 2. The number of nitrogens with one attached hydrogen (secondary N) is 2. The molecular formula is C13H17BrClN3O. The molecule has 1 aliphatic heterocycles. The average molecular weight is 347 g/mol. The van der Waals surface area contributed by atoms with Gasteiger partial charge in [-0.15, -0.1) is 0 Å². The zero-order valence-electron chi connectivity index (χ0n) is 10.7. The van der Waals surface area contributed by atoms with Crippen LogP contribution in [0.15, 0.2) is 22.7 Å². The Morgan fingerprint density at radius 1 is 1.42 bits per heavy atom. The Bertz CT molecular complexity index is 461. The Morgan fingerprint density at radius 3 is 2.74 bits per heavy atom. The van der Waals surface area contributed by atoms with Gasteiger partial charge < -0.3 is 15.5 Å². The van der Waals surface area contributed by atoms with Crippen molar-refractivity contribution in [2.45, 2.75) is 18.9 Å². The highest BCUT2D eigenvalue weighted by molar-refractivity contribution is 9.10. The molecule has 6 heteroatoms. The second-order valence-electron chi connectivity index (χ2n) is 4.80. The van der Waals surface area contributed by atoms with Crippen molar-refractivity contribution < 1.29 is 4.79 Å². The zero-order chi connectivity index (χ0) is 13.8. The number of nitrogens with zero attached hydrogens (tertiary/aromatic N) is 1. The van der Waals surface area contributed by atoms with Crippen molar-refractivity contribution in [3.05, 3.63) is 27.7 Å². The monoisotopic (exact) mass is 345 g/mol. The summed E-state index contributed by atoms with van der Waals surface area (Å²) in [6, 6.07) is 5.42. The lowest BCUT2D eigenvalue weighted by Gasteiger charge is -2.29. The second kappa shape index (κ2) is 6.59. The van der Waals surface area contributed by atoms with Crippen LogP contribution >= 0.6 is 27.5 Å². The molecule has 0 bridgehead atoms. The number of carbonyl (C=O) groups is 1. The number of rotatable bonds is 2. The normalized spacial score (nSPS) is 17.2. The zero-order valence-corrected chi connectivity index (χ0v) is 13.1. The van der Waals surface area contributed by atoms with Crippen molar-refractivity contribution in [1.29, 1.82) is 0 Å². The first-order valence-electron chi connectivity index (χ1n) is 6.25. The number of likely N-dealkylation sites (tertiary alicyclic amines) is 1. The standard InChI is InChI=1S/C13H17BrClN3O/c1-18-6-4-10(5-7-18)16-13(19)17-12-3-2-9(14)8-11(12)15/h2-3,8,10H,4-7H2,1H3,(H2,16,17,19). The van der Waals surface area contributed by atoms with E-state index in [4.69, 9.17) is 11.6 Å². The molecule has 2 amide bonds.